The zero-order valence-electron chi connectivity index (χ0n) is 13.0. The lowest BCUT2D eigenvalue weighted by Crippen LogP contribution is -2.25. The number of ether oxygens (including phenoxy) is 1. The Labute approximate surface area is 135 Å². The molecule has 2 aromatic rings. The van der Waals surface area contributed by atoms with Crippen molar-refractivity contribution in [3.8, 4) is 10.6 Å². The van der Waals surface area contributed by atoms with E-state index in [0.717, 1.165) is 23.6 Å². The summed E-state index contributed by atoms with van der Waals surface area (Å²) in [6.07, 6.45) is 0.814. The second-order valence-electron chi connectivity index (χ2n) is 5.48. The van der Waals surface area contributed by atoms with Crippen LogP contribution in [0.2, 0.25) is 0 Å². The monoisotopic (exact) mass is 318 g/mol. The largest absolute Gasteiger partial charge is 0.381 e. The number of carbonyl (C=O) groups excluding carboxylic acids is 1. The van der Waals surface area contributed by atoms with Gasteiger partial charge in [0.1, 0.15) is 10.7 Å². The molecule has 0 saturated heterocycles. The standard InChI is InChI=1S/C17H22N2O2S/c1-13(2)11-21-10-6-9-18-16(20)15-12-22-17(19-15)14-7-4-3-5-8-14/h3-5,7-8,12-13H,6,9-11H2,1-2H3,(H,18,20). The van der Waals surface area contributed by atoms with Gasteiger partial charge in [0, 0.05) is 30.7 Å². The Morgan fingerprint density at radius 2 is 2.09 bits per heavy atom. The van der Waals surface area contributed by atoms with Crippen molar-refractivity contribution in [3.05, 3.63) is 41.4 Å². The molecule has 22 heavy (non-hydrogen) atoms. The Morgan fingerprint density at radius 1 is 1.32 bits per heavy atom. The van der Waals surface area contributed by atoms with Crippen molar-refractivity contribution in [1.29, 1.82) is 0 Å². The molecule has 1 heterocycles. The van der Waals surface area contributed by atoms with Gasteiger partial charge in [-0.1, -0.05) is 44.2 Å². The number of benzene rings is 1. The van der Waals surface area contributed by atoms with Crippen LogP contribution in [0.4, 0.5) is 0 Å². The molecule has 0 aliphatic heterocycles. The maximum absolute atomic E-state index is 12.0. The lowest BCUT2D eigenvalue weighted by molar-refractivity contribution is 0.0921. The Hall–Kier alpha value is -1.72. The summed E-state index contributed by atoms with van der Waals surface area (Å²) in [5.74, 6) is 0.420. The summed E-state index contributed by atoms with van der Waals surface area (Å²) >= 11 is 1.48. The first kappa shape index (κ1) is 16.6. The lowest BCUT2D eigenvalue weighted by Gasteiger charge is -2.07. The van der Waals surface area contributed by atoms with Crippen molar-refractivity contribution in [2.75, 3.05) is 19.8 Å². The van der Waals surface area contributed by atoms with Gasteiger partial charge in [-0.15, -0.1) is 11.3 Å². The minimum atomic E-state index is -0.123. The van der Waals surface area contributed by atoms with Crippen LogP contribution in [0.3, 0.4) is 0 Å². The number of hydrogen-bond donors (Lipinski definition) is 1. The predicted octanol–water partition coefficient (Wildman–Crippen LogP) is 3.60. The van der Waals surface area contributed by atoms with E-state index in [1.54, 1.807) is 5.38 Å². The molecule has 0 atom stereocenters. The summed E-state index contributed by atoms with van der Waals surface area (Å²) in [6, 6.07) is 9.88. The predicted molar refractivity (Wildman–Crippen MR) is 90.2 cm³/mol. The van der Waals surface area contributed by atoms with Gasteiger partial charge >= 0.3 is 0 Å². The first-order valence-corrected chi connectivity index (χ1v) is 8.41. The second-order valence-corrected chi connectivity index (χ2v) is 6.34. The number of aromatic nitrogens is 1. The van der Waals surface area contributed by atoms with Gasteiger partial charge < -0.3 is 10.1 Å². The van der Waals surface area contributed by atoms with E-state index in [9.17, 15) is 4.79 Å². The van der Waals surface area contributed by atoms with E-state index in [1.165, 1.54) is 11.3 Å². The summed E-state index contributed by atoms with van der Waals surface area (Å²) in [5.41, 5.74) is 1.51. The normalized spacial score (nSPS) is 10.9. The summed E-state index contributed by atoms with van der Waals surface area (Å²) in [6.45, 7) is 6.28. The highest BCUT2D eigenvalue weighted by molar-refractivity contribution is 7.13. The van der Waals surface area contributed by atoms with Crippen molar-refractivity contribution in [1.82, 2.24) is 10.3 Å². The first-order valence-electron chi connectivity index (χ1n) is 7.53. The Morgan fingerprint density at radius 3 is 2.82 bits per heavy atom. The highest BCUT2D eigenvalue weighted by Gasteiger charge is 2.11. The van der Waals surface area contributed by atoms with Gasteiger partial charge in [0.05, 0.1) is 0 Å². The summed E-state index contributed by atoms with van der Waals surface area (Å²) in [4.78, 5) is 16.4. The molecule has 0 saturated carbocycles. The summed E-state index contributed by atoms with van der Waals surface area (Å²) < 4.78 is 5.48. The number of hydrogen-bond acceptors (Lipinski definition) is 4. The van der Waals surface area contributed by atoms with Gasteiger partial charge in [0.25, 0.3) is 5.91 Å². The maximum atomic E-state index is 12.0. The fraction of sp³-hybridized carbons (Fsp3) is 0.412. The van der Waals surface area contributed by atoms with Crippen molar-refractivity contribution in [3.63, 3.8) is 0 Å². The lowest BCUT2D eigenvalue weighted by atomic mass is 10.2. The van der Waals surface area contributed by atoms with Crippen molar-refractivity contribution < 1.29 is 9.53 Å². The number of nitrogens with one attached hydrogen (secondary N) is 1. The maximum Gasteiger partial charge on any atom is 0.270 e. The number of thiazole rings is 1. The average molecular weight is 318 g/mol. The van der Waals surface area contributed by atoms with E-state index in [4.69, 9.17) is 4.74 Å². The minimum Gasteiger partial charge on any atom is -0.381 e. The number of nitrogens with zero attached hydrogens (tertiary/aromatic N) is 1. The van der Waals surface area contributed by atoms with Gasteiger partial charge in [-0.25, -0.2) is 4.98 Å². The molecule has 118 valence electrons. The van der Waals surface area contributed by atoms with E-state index in [0.29, 0.717) is 24.8 Å². The molecule has 0 aliphatic carbocycles. The van der Waals surface area contributed by atoms with Gasteiger partial charge in [0.2, 0.25) is 0 Å². The number of rotatable bonds is 8. The molecule has 1 amide bonds. The van der Waals surface area contributed by atoms with Gasteiger partial charge in [-0.3, -0.25) is 4.79 Å². The molecule has 1 aromatic heterocycles. The Kier molecular flexibility index (Phi) is 6.55. The molecule has 0 spiro atoms. The quantitative estimate of drug-likeness (QED) is 0.757. The number of carbonyl (C=O) groups is 1. The molecule has 0 unspecified atom stereocenters. The summed E-state index contributed by atoms with van der Waals surface area (Å²) in [5, 5.41) is 5.54. The van der Waals surface area contributed by atoms with E-state index < -0.39 is 0 Å². The van der Waals surface area contributed by atoms with Crippen LogP contribution in [0.15, 0.2) is 35.7 Å². The third-order valence-corrected chi connectivity index (χ3v) is 3.85. The van der Waals surface area contributed by atoms with E-state index in [-0.39, 0.29) is 5.91 Å². The zero-order valence-corrected chi connectivity index (χ0v) is 13.9. The molecule has 0 radical (unpaired) electrons. The minimum absolute atomic E-state index is 0.123. The average Bonchev–Trinajstić information content (AvgIpc) is 3.01. The molecule has 4 nitrogen and oxygen atoms in total. The van der Waals surface area contributed by atoms with Crippen LogP contribution >= 0.6 is 11.3 Å². The van der Waals surface area contributed by atoms with Crippen LogP contribution in [0, 0.1) is 5.92 Å². The van der Waals surface area contributed by atoms with E-state index in [1.807, 2.05) is 30.3 Å². The van der Waals surface area contributed by atoms with Crippen molar-refractivity contribution >= 4 is 17.2 Å². The highest BCUT2D eigenvalue weighted by atomic mass is 32.1. The van der Waals surface area contributed by atoms with Crippen LogP contribution in [0.5, 0.6) is 0 Å². The van der Waals surface area contributed by atoms with Crippen LogP contribution in [-0.4, -0.2) is 30.6 Å². The fourth-order valence-electron chi connectivity index (χ4n) is 1.88. The van der Waals surface area contributed by atoms with Crippen LogP contribution in [-0.2, 0) is 4.74 Å². The van der Waals surface area contributed by atoms with Crippen LogP contribution in [0.1, 0.15) is 30.8 Å². The smallest absolute Gasteiger partial charge is 0.270 e. The Balaban J connectivity index is 1.75. The molecule has 0 bridgehead atoms. The first-order chi connectivity index (χ1) is 10.7. The third kappa shape index (κ3) is 5.24. The Bertz CT molecular complexity index is 581. The zero-order chi connectivity index (χ0) is 15.8. The van der Waals surface area contributed by atoms with Gasteiger partial charge in [0.15, 0.2) is 0 Å². The summed E-state index contributed by atoms with van der Waals surface area (Å²) in [7, 11) is 0. The van der Waals surface area contributed by atoms with E-state index in [2.05, 4.69) is 24.1 Å². The molecular formula is C17H22N2O2S. The molecule has 1 N–H and O–H groups in total. The van der Waals surface area contributed by atoms with Crippen LogP contribution in [0.25, 0.3) is 10.6 Å². The SMILES string of the molecule is CC(C)COCCCNC(=O)c1csc(-c2ccccc2)n1. The van der Waals surface area contributed by atoms with Crippen molar-refractivity contribution in [2.24, 2.45) is 5.92 Å². The molecule has 1 aromatic carbocycles. The highest BCUT2D eigenvalue weighted by Crippen LogP contribution is 2.23. The molecule has 2 rings (SSSR count). The molecular weight excluding hydrogens is 296 g/mol. The number of amides is 1. The fourth-order valence-corrected chi connectivity index (χ4v) is 2.68. The van der Waals surface area contributed by atoms with Crippen molar-refractivity contribution in [2.45, 2.75) is 20.3 Å². The van der Waals surface area contributed by atoms with E-state index >= 15 is 0 Å². The van der Waals surface area contributed by atoms with Crippen LogP contribution < -0.4 is 5.32 Å². The molecule has 0 fully saturated rings. The molecule has 0 aliphatic rings. The third-order valence-electron chi connectivity index (χ3n) is 2.96. The van der Waals surface area contributed by atoms with Gasteiger partial charge in [-0.2, -0.15) is 0 Å². The second kappa shape index (κ2) is 8.66. The van der Waals surface area contributed by atoms with Gasteiger partial charge in [-0.05, 0) is 12.3 Å². The molecule has 5 heteroatoms. The topological polar surface area (TPSA) is 51.2 Å².